The van der Waals surface area contributed by atoms with Crippen LogP contribution in [0.3, 0.4) is 0 Å². The summed E-state index contributed by atoms with van der Waals surface area (Å²) < 4.78 is 23.8. The predicted octanol–water partition coefficient (Wildman–Crippen LogP) is 1.64. The third-order valence-electron chi connectivity index (χ3n) is 2.51. The molecule has 0 aliphatic rings. The molecule has 0 radical (unpaired) electrons. The molecule has 6 heteroatoms. The summed E-state index contributed by atoms with van der Waals surface area (Å²) in [6, 6.07) is 13.8. The van der Waals surface area contributed by atoms with Gasteiger partial charge in [-0.1, -0.05) is 36.4 Å². The zero-order chi connectivity index (χ0) is 14.4. The van der Waals surface area contributed by atoms with E-state index in [1.165, 1.54) is 6.20 Å². The second-order valence-corrected chi connectivity index (χ2v) is 6.35. The van der Waals surface area contributed by atoms with Crippen molar-refractivity contribution in [2.24, 2.45) is 0 Å². The number of nitrogens with zero attached hydrogens (tertiary/aromatic N) is 1. The zero-order valence-electron chi connectivity index (χ0n) is 10.7. The van der Waals surface area contributed by atoms with E-state index in [-0.39, 0.29) is 5.75 Å². The fourth-order valence-electron chi connectivity index (χ4n) is 1.69. The molecule has 1 aromatic carbocycles. The van der Waals surface area contributed by atoms with Gasteiger partial charge in [0, 0.05) is 6.20 Å². The van der Waals surface area contributed by atoms with Crippen molar-refractivity contribution < 1.29 is 13.2 Å². The predicted molar refractivity (Wildman–Crippen MR) is 76.8 cm³/mol. The van der Waals surface area contributed by atoms with E-state index in [2.05, 4.69) is 10.3 Å². The Morgan fingerprint density at radius 3 is 2.40 bits per heavy atom. The summed E-state index contributed by atoms with van der Waals surface area (Å²) in [6.45, 7) is 0. The lowest BCUT2D eigenvalue weighted by Crippen LogP contribution is -2.24. The van der Waals surface area contributed by atoms with Crippen LogP contribution < -0.4 is 5.32 Å². The van der Waals surface area contributed by atoms with E-state index >= 15 is 0 Å². The normalized spacial score (nSPS) is 11.0. The summed E-state index contributed by atoms with van der Waals surface area (Å²) in [5.41, 5.74) is 0.665. The van der Waals surface area contributed by atoms with Crippen LogP contribution in [0.2, 0.25) is 0 Å². The molecule has 0 unspecified atom stereocenters. The maximum Gasteiger partial charge on any atom is 0.240 e. The summed E-state index contributed by atoms with van der Waals surface area (Å²) >= 11 is 0. The highest BCUT2D eigenvalue weighted by Crippen LogP contribution is 2.07. The number of benzene rings is 1. The minimum Gasteiger partial charge on any atom is -0.310 e. The minimum atomic E-state index is -3.49. The highest BCUT2D eigenvalue weighted by molar-refractivity contribution is 7.91. The van der Waals surface area contributed by atoms with Crippen LogP contribution in [0.1, 0.15) is 5.56 Å². The number of amides is 1. The van der Waals surface area contributed by atoms with Crippen molar-refractivity contribution in [3.63, 3.8) is 0 Å². The average Bonchev–Trinajstić information content (AvgIpc) is 2.39. The van der Waals surface area contributed by atoms with E-state index < -0.39 is 21.5 Å². The summed E-state index contributed by atoms with van der Waals surface area (Å²) in [6.07, 6.45) is 1.52. The Hall–Kier alpha value is -2.21. The second-order valence-electron chi connectivity index (χ2n) is 4.28. The van der Waals surface area contributed by atoms with E-state index in [0.29, 0.717) is 11.4 Å². The van der Waals surface area contributed by atoms with Crippen LogP contribution in [0.25, 0.3) is 0 Å². The standard InChI is InChI=1S/C14H14N2O3S/c17-14(16-13-8-4-5-9-15-13)11-20(18,19)10-12-6-2-1-3-7-12/h1-9H,10-11H2,(H,15,16,17). The van der Waals surface area contributed by atoms with Gasteiger partial charge in [-0.15, -0.1) is 0 Å². The maximum atomic E-state index is 11.9. The van der Waals surface area contributed by atoms with Crippen LogP contribution in [0, 0.1) is 0 Å². The summed E-state index contributed by atoms with van der Waals surface area (Å²) in [5, 5.41) is 2.45. The van der Waals surface area contributed by atoms with E-state index in [1.54, 1.807) is 42.5 Å². The van der Waals surface area contributed by atoms with Gasteiger partial charge in [0.25, 0.3) is 0 Å². The van der Waals surface area contributed by atoms with Gasteiger partial charge in [-0.2, -0.15) is 0 Å². The van der Waals surface area contributed by atoms with E-state index in [0.717, 1.165) is 0 Å². The molecule has 0 saturated heterocycles. The largest absolute Gasteiger partial charge is 0.310 e. The van der Waals surface area contributed by atoms with Crippen molar-refractivity contribution in [3.05, 3.63) is 60.3 Å². The fraction of sp³-hybridized carbons (Fsp3) is 0.143. The molecule has 1 heterocycles. The Morgan fingerprint density at radius 2 is 1.75 bits per heavy atom. The molecule has 1 aromatic heterocycles. The number of sulfone groups is 1. The van der Waals surface area contributed by atoms with Crippen molar-refractivity contribution in [3.8, 4) is 0 Å². The molecule has 20 heavy (non-hydrogen) atoms. The number of aromatic nitrogens is 1. The minimum absolute atomic E-state index is 0.149. The number of pyridine rings is 1. The van der Waals surface area contributed by atoms with E-state index in [1.807, 2.05) is 6.07 Å². The monoisotopic (exact) mass is 290 g/mol. The smallest absolute Gasteiger partial charge is 0.240 e. The van der Waals surface area contributed by atoms with Gasteiger partial charge < -0.3 is 5.32 Å². The van der Waals surface area contributed by atoms with Gasteiger partial charge in [0.1, 0.15) is 11.6 Å². The molecular weight excluding hydrogens is 276 g/mol. The first kappa shape index (κ1) is 14.2. The third kappa shape index (κ3) is 4.47. The van der Waals surface area contributed by atoms with Gasteiger partial charge in [0.05, 0.1) is 5.75 Å². The topological polar surface area (TPSA) is 76.1 Å². The second kappa shape index (κ2) is 6.29. The molecule has 0 saturated carbocycles. The third-order valence-corrected chi connectivity index (χ3v) is 3.99. The van der Waals surface area contributed by atoms with Crippen LogP contribution in [0.4, 0.5) is 5.82 Å². The molecule has 5 nitrogen and oxygen atoms in total. The molecule has 0 aliphatic heterocycles. The number of carbonyl (C=O) groups excluding carboxylic acids is 1. The lowest BCUT2D eigenvalue weighted by molar-refractivity contribution is -0.113. The van der Waals surface area contributed by atoms with Gasteiger partial charge in [-0.25, -0.2) is 13.4 Å². The lowest BCUT2D eigenvalue weighted by atomic mass is 10.2. The Bertz CT molecular complexity index is 670. The number of rotatable bonds is 5. The Morgan fingerprint density at radius 1 is 1.05 bits per heavy atom. The number of hydrogen-bond acceptors (Lipinski definition) is 4. The lowest BCUT2D eigenvalue weighted by Gasteiger charge is -2.05. The van der Waals surface area contributed by atoms with E-state index in [4.69, 9.17) is 0 Å². The number of hydrogen-bond donors (Lipinski definition) is 1. The highest BCUT2D eigenvalue weighted by Gasteiger charge is 2.17. The van der Waals surface area contributed by atoms with Gasteiger partial charge in [0.2, 0.25) is 5.91 Å². The molecule has 0 fully saturated rings. The molecule has 0 bridgehead atoms. The molecular formula is C14H14N2O3S. The number of nitrogens with one attached hydrogen (secondary N) is 1. The first-order chi connectivity index (χ1) is 9.55. The quantitative estimate of drug-likeness (QED) is 0.908. The van der Waals surface area contributed by atoms with Crippen LogP contribution >= 0.6 is 0 Å². The van der Waals surface area contributed by atoms with Crippen molar-refractivity contribution >= 4 is 21.6 Å². The number of carbonyl (C=O) groups is 1. The highest BCUT2D eigenvalue weighted by atomic mass is 32.2. The van der Waals surface area contributed by atoms with Crippen molar-refractivity contribution in [1.82, 2.24) is 4.98 Å². The van der Waals surface area contributed by atoms with Crippen molar-refractivity contribution in [2.75, 3.05) is 11.1 Å². The molecule has 0 aliphatic carbocycles. The van der Waals surface area contributed by atoms with Gasteiger partial charge in [-0.05, 0) is 17.7 Å². The van der Waals surface area contributed by atoms with Crippen LogP contribution in [0.15, 0.2) is 54.7 Å². The maximum absolute atomic E-state index is 11.9. The van der Waals surface area contributed by atoms with Crippen LogP contribution in [-0.4, -0.2) is 25.1 Å². The van der Waals surface area contributed by atoms with Gasteiger partial charge in [0.15, 0.2) is 9.84 Å². The summed E-state index contributed by atoms with van der Waals surface area (Å²) in [4.78, 5) is 15.6. The van der Waals surface area contributed by atoms with Crippen molar-refractivity contribution in [1.29, 1.82) is 0 Å². The summed E-state index contributed by atoms with van der Waals surface area (Å²) in [5.74, 6) is -0.950. The molecule has 0 spiro atoms. The fourth-order valence-corrected chi connectivity index (χ4v) is 2.97. The summed E-state index contributed by atoms with van der Waals surface area (Å²) in [7, 11) is -3.49. The molecule has 1 N–H and O–H groups in total. The molecule has 104 valence electrons. The molecule has 2 aromatic rings. The van der Waals surface area contributed by atoms with Crippen molar-refractivity contribution in [2.45, 2.75) is 5.75 Å². The Balaban J connectivity index is 1.96. The first-order valence-electron chi connectivity index (χ1n) is 6.00. The molecule has 0 atom stereocenters. The first-order valence-corrected chi connectivity index (χ1v) is 7.82. The van der Waals surface area contributed by atoms with Crippen LogP contribution in [-0.2, 0) is 20.4 Å². The van der Waals surface area contributed by atoms with Crippen LogP contribution in [0.5, 0.6) is 0 Å². The van der Waals surface area contributed by atoms with E-state index in [9.17, 15) is 13.2 Å². The molecule has 2 rings (SSSR count). The Labute approximate surface area is 117 Å². The SMILES string of the molecule is O=C(CS(=O)(=O)Cc1ccccc1)Nc1ccccn1. The molecule has 1 amide bonds. The van der Waals surface area contributed by atoms with Gasteiger partial charge in [-0.3, -0.25) is 4.79 Å². The Kier molecular flexibility index (Phi) is 4.47. The number of anilines is 1. The zero-order valence-corrected chi connectivity index (χ0v) is 11.5. The average molecular weight is 290 g/mol. The van der Waals surface area contributed by atoms with Gasteiger partial charge >= 0.3 is 0 Å².